The molecule has 0 fully saturated rings. The Morgan fingerprint density at radius 1 is 1.36 bits per heavy atom. The highest BCUT2D eigenvalue weighted by atomic mass is 35.5. The van der Waals surface area contributed by atoms with Crippen LogP contribution in [0.4, 0.5) is 5.69 Å². The molecule has 28 heavy (non-hydrogen) atoms. The van der Waals surface area contributed by atoms with Crippen molar-refractivity contribution in [3.8, 4) is 0 Å². The van der Waals surface area contributed by atoms with E-state index >= 15 is 0 Å². The van der Waals surface area contributed by atoms with Crippen LogP contribution in [-0.4, -0.2) is 54.3 Å². The first-order chi connectivity index (χ1) is 15.9. The molecule has 0 aliphatic carbocycles. The molecule has 0 heterocycles. The van der Waals surface area contributed by atoms with E-state index in [9.17, 15) is 9.82 Å². The minimum absolute atomic E-state index is 0.116. The number of carbonyl (C=O) groups excluding carboxylic acids is 1. The molecular weight excluding hydrogens is 398 g/mol. The molecule has 1 atom stereocenters. The Labute approximate surface area is 191 Å². The zero-order valence-electron chi connectivity index (χ0n) is 24.8. The summed E-state index contributed by atoms with van der Waals surface area (Å²) < 4.78 is 69.3. The van der Waals surface area contributed by atoms with Crippen LogP contribution in [0, 0.1) is 6.92 Å². The van der Waals surface area contributed by atoms with Gasteiger partial charge in [-0.2, -0.15) is 0 Å². The predicted molar refractivity (Wildman–Crippen MR) is 120 cm³/mol. The lowest BCUT2D eigenvalue weighted by molar-refractivity contribution is -0.155. The topological polar surface area (TPSA) is 61.8 Å². The molecule has 5 nitrogen and oxygen atoms in total. The number of carbonyl (C=O) groups is 1. The van der Waals surface area contributed by atoms with E-state index in [0.29, 0.717) is 11.1 Å². The van der Waals surface area contributed by atoms with Gasteiger partial charge in [-0.1, -0.05) is 6.07 Å². The lowest BCUT2D eigenvalue weighted by atomic mass is 9.85. The molecule has 1 rings (SSSR count). The third kappa shape index (κ3) is 9.50. The van der Waals surface area contributed by atoms with Gasteiger partial charge in [0.05, 0.1) is 11.9 Å². The molecule has 0 spiro atoms. The van der Waals surface area contributed by atoms with E-state index in [2.05, 4.69) is 5.23 Å². The Bertz CT molecular complexity index is 896. The van der Waals surface area contributed by atoms with E-state index in [-0.39, 0.29) is 23.4 Å². The minimum Gasteiger partial charge on any atom is -0.460 e. The van der Waals surface area contributed by atoms with Crippen LogP contribution in [0.2, 0.25) is 6.82 Å². The molecule has 0 amide bonds. The quantitative estimate of drug-likeness (QED) is 0.314. The molecule has 0 radical (unpaired) electrons. The molecule has 2 N–H and O–H groups in total. The Morgan fingerprint density at radius 2 is 1.96 bits per heavy atom. The first kappa shape index (κ1) is 14.9. The average molecular weight is 439 g/mol. The van der Waals surface area contributed by atoms with Gasteiger partial charge in [0.15, 0.2) is 0 Å². The van der Waals surface area contributed by atoms with E-state index in [4.69, 9.17) is 38.9 Å². The summed E-state index contributed by atoms with van der Waals surface area (Å²) in [5.41, 5.74) is 0.217. The largest absolute Gasteiger partial charge is 0.460 e. The monoisotopic (exact) mass is 438 g/mol. The molecule has 0 aromatic heterocycles. The second kappa shape index (κ2) is 11.9. The first-order valence-corrected chi connectivity index (χ1v) is 9.59. The Morgan fingerprint density at radius 3 is 2.46 bits per heavy atom. The molecule has 0 bridgehead atoms. The van der Waals surface area contributed by atoms with Crippen molar-refractivity contribution in [1.29, 1.82) is 0 Å². The lowest BCUT2D eigenvalue weighted by Gasteiger charge is -2.26. The number of anilines is 1. The maximum atomic E-state index is 12.4. The van der Waals surface area contributed by atoms with Gasteiger partial charge in [-0.15, -0.1) is 23.2 Å². The highest BCUT2D eigenvalue weighted by molar-refractivity contribution is 6.45. The second-order valence-electron chi connectivity index (χ2n) is 7.39. The molecule has 0 aliphatic rings. The van der Waals surface area contributed by atoms with Crippen LogP contribution in [0.15, 0.2) is 18.2 Å². The molecule has 158 valence electrons. The summed E-state index contributed by atoms with van der Waals surface area (Å²) >= 11 is 11.3. The summed E-state index contributed by atoms with van der Waals surface area (Å²) in [5, 5.41) is 12.7. The SMILES string of the molecule is [2H]C([2H])(Cl)C([2H])([2H])N(c1ccc(C)c(C[C@@H](CC(=O)OC(C)(C)C)NB(C)O)c1)C([2H])([2H])C([2H])([2H])Cl. The Kier molecular flexibility index (Phi) is 6.36. The number of ether oxygens (including phenoxy) is 1. The summed E-state index contributed by atoms with van der Waals surface area (Å²) in [6, 6.07) is 3.53. The summed E-state index contributed by atoms with van der Waals surface area (Å²) in [4.78, 5) is 12.7. The van der Waals surface area contributed by atoms with Crippen molar-refractivity contribution in [3.63, 3.8) is 0 Å². The standard InChI is InChI=1S/C20H33BCl2N2O3/c1-15-6-7-18(25(10-8-22)11-9-23)13-16(15)12-17(24-21(5)27)14-19(26)28-20(2,3)4/h6-7,13,17,24,27H,8-12,14H2,1-5H3/t17-/m0/s1/i8D2,9D2,10D2,11D2. The molecule has 0 saturated carbocycles. The van der Waals surface area contributed by atoms with E-state index < -0.39 is 49.3 Å². The van der Waals surface area contributed by atoms with E-state index in [1.54, 1.807) is 27.7 Å². The van der Waals surface area contributed by atoms with Gasteiger partial charge in [0, 0.05) is 41.9 Å². The molecule has 1 aromatic carbocycles. The van der Waals surface area contributed by atoms with Crippen molar-refractivity contribution in [3.05, 3.63) is 29.3 Å². The van der Waals surface area contributed by atoms with Gasteiger partial charge in [0.25, 0.3) is 0 Å². The van der Waals surface area contributed by atoms with Crippen LogP contribution < -0.4 is 10.1 Å². The highest BCUT2D eigenvalue weighted by Crippen LogP contribution is 2.22. The highest BCUT2D eigenvalue weighted by Gasteiger charge is 2.23. The second-order valence-corrected chi connectivity index (χ2v) is 7.77. The molecule has 0 aliphatic heterocycles. The molecule has 0 saturated heterocycles. The molecule has 8 heteroatoms. The van der Waals surface area contributed by atoms with Gasteiger partial charge in [0.2, 0.25) is 0 Å². The van der Waals surface area contributed by atoms with Gasteiger partial charge in [-0.3, -0.25) is 4.79 Å². The van der Waals surface area contributed by atoms with Gasteiger partial charge < -0.3 is 19.9 Å². The van der Waals surface area contributed by atoms with Crippen LogP contribution in [0.5, 0.6) is 0 Å². The van der Waals surface area contributed by atoms with Crippen molar-refractivity contribution in [1.82, 2.24) is 5.23 Å². The molecule has 0 unspecified atom stereocenters. The number of nitrogens with zero attached hydrogens (tertiary/aromatic N) is 1. The van der Waals surface area contributed by atoms with E-state index in [1.807, 2.05) is 0 Å². The maximum absolute atomic E-state index is 12.4. The number of alkyl halides is 2. The third-order valence-corrected chi connectivity index (χ3v) is 3.84. The normalized spacial score (nSPS) is 18.9. The van der Waals surface area contributed by atoms with Gasteiger partial charge >= 0.3 is 13.0 Å². The number of rotatable bonds is 11. The fraction of sp³-hybridized carbons (Fsp3) is 0.650. The fourth-order valence-corrected chi connectivity index (χ4v) is 2.81. The number of aryl methyl sites for hydroxylation is 1. The van der Waals surface area contributed by atoms with Gasteiger partial charge in [-0.05, 0) is 64.2 Å². The van der Waals surface area contributed by atoms with Crippen molar-refractivity contribution >= 4 is 41.9 Å². The number of hydrogen-bond acceptors (Lipinski definition) is 5. The van der Waals surface area contributed by atoms with Crippen LogP contribution >= 0.6 is 23.2 Å². The number of esters is 1. The number of halogens is 2. The summed E-state index contributed by atoms with van der Waals surface area (Å²) in [6.07, 6.45) is -0.00312. The Balaban J connectivity index is 3.56. The molecule has 1 aromatic rings. The summed E-state index contributed by atoms with van der Waals surface area (Å²) in [7, 11) is -0.979. The van der Waals surface area contributed by atoms with E-state index in [1.165, 1.54) is 25.0 Å². The third-order valence-electron chi connectivity index (χ3n) is 3.68. The van der Waals surface area contributed by atoms with Crippen LogP contribution in [-0.2, 0) is 16.0 Å². The zero-order chi connectivity index (χ0) is 28.5. The smallest absolute Gasteiger partial charge is 0.373 e. The lowest BCUT2D eigenvalue weighted by Crippen LogP contribution is -2.43. The van der Waals surface area contributed by atoms with Gasteiger partial charge in [0.1, 0.15) is 5.60 Å². The minimum atomic E-state index is -3.25. The maximum Gasteiger partial charge on any atom is 0.373 e. The van der Waals surface area contributed by atoms with Crippen LogP contribution in [0.3, 0.4) is 0 Å². The first-order valence-electron chi connectivity index (χ1n) is 12.8. The van der Waals surface area contributed by atoms with Crippen LogP contribution in [0.25, 0.3) is 0 Å². The van der Waals surface area contributed by atoms with Gasteiger partial charge in [-0.25, -0.2) is 0 Å². The average Bonchev–Trinajstić information content (AvgIpc) is 2.59. The Hall–Kier alpha value is -0.945. The molecular formula is C20H33BCl2N2O3. The summed E-state index contributed by atoms with van der Waals surface area (Å²) in [6.45, 7) is 1.86. The van der Waals surface area contributed by atoms with Crippen molar-refractivity contribution in [2.24, 2.45) is 0 Å². The van der Waals surface area contributed by atoms with Crippen molar-refractivity contribution in [2.75, 3.05) is 29.6 Å². The van der Waals surface area contributed by atoms with Crippen molar-refractivity contribution < 1.29 is 25.5 Å². The number of nitrogens with one attached hydrogen (secondary N) is 1. The number of hydrogen-bond donors (Lipinski definition) is 2. The predicted octanol–water partition coefficient (Wildman–Crippen LogP) is 3.62. The van der Waals surface area contributed by atoms with Crippen LogP contribution in [0.1, 0.15) is 49.3 Å². The van der Waals surface area contributed by atoms with E-state index in [0.717, 1.165) is 0 Å². The van der Waals surface area contributed by atoms with Crippen molar-refractivity contribution in [2.45, 2.75) is 59.0 Å². The number of benzene rings is 1. The summed E-state index contributed by atoms with van der Waals surface area (Å²) in [5.74, 6) is -6.80. The zero-order valence-corrected chi connectivity index (χ0v) is 18.3. The fourth-order valence-electron chi connectivity index (χ4n) is 2.64.